The van der Waals surface area contributed by atoms with Gasteiger partial charge in [0.15, 0.2) is 0 Å². The second-order valence-electron chi connectivity index (χ2n) is 4.20. The fourth-order valence-electron chi connectivity index (χ4n) is 1.22. The number of nitrogens with zero attached hydrogens (tertiary/aromatic N) is 1. The first-order chi connectivity index (χ1) is 10.3. The van der Waals surface area contributed by atoms with Crippen molar-refractivity contribution < 1.29 is 36.6 Å². The summed E-state index contributed by atoms with van der Waals surface area (Å²) in [6.07, 6.45) is -4.44. The first-order valence-electron chi connectivity index (χ1n) is 6.02. The molecule has 0 saturated carbocycles. The van der Waals surface area contributed by atoms with Crippen molar-refractivity contribution in [3.8, 4) is 0 Å². The van der Waals surface area contributed by atoms with Gasteiger partial charge in [0, 0.05) is 31.3 Å². The van der Waals surface area contributed by atoms with Crippen LogP contribution in [0.5, 0.6) is 0 Å². The normalized spacial score (nSPS) is 11.3. The predicted octanol–water partition coefficient (Wildman–Crippen LogP) is 2.76. The summed E-state index contributed by atoms with van der Waals surface area (Å²) < 4.78 is 58.4. The largest absolute Gasteiger partial charge is 0.490 e. The molecule has 0 saturated heterocycles. The van der Waals surface area contributed by atoms with Crippen molar-refractivity contribution in [3.63, 3.8) is 0 Å². The Labute approximate surface area is 127 Å². The number of aromatic nitrogens is 1. The van der Waals surface area contributed by atoms with Crippen LogP contribution in [-0.2, 0) is 15.5 Å². The third-order valence-corrected chi connectivity index (χ3v) is 2.32. The predicted molar refractivity (Wildman–Crippen MR) is 70.8 cm³/mol. The Morgan fingerprint density at radius 1 is 1.30 bits per heavy atom. The number of rotatable bonds is 3. The summed E-state index contributed by atoms with van der Waals surface area (Å²) >= 11 is 0. The third kappa shape index (κ3) is 6.89. The van der Waals surface area contributed by atoms with Gasteiger partial charge in [0.05, 0.1) is 5.56 Å². The van der Waals surface area contributed by atoms with Crippen LogP contribution in [0.4, 0.5) is 33.5 Å². The van der Waals surface area contributed by atoms with E-state index in [1.807, 2.05) is 0 Å². The number of amides is 1. The number of nitrogen functional groups attached to an aromatic ring is 1. The standard InChI is InChI=1S/C10H13F2N3O.C2HF3O2/c1-3-10(11,12)7-5-14-9(4-8(7)13)15-6(2)16;3-2(4,5)1(6)7/h4-5H,3H2,1-2H3,(H3,13,14,15,16);(H,6,7). The maximum absolute atomic E-state index is 13.3. The van der Waals surface area contributed by atoms with E-state index in [0.717, 1.165) is 6.20 Å². The highest BCUT2D eigenvalue weighted by Crippen LogP contribution is 2.35. The van der Waals surface area contributed by atoms with E-state index in [1.165, 1.54) is 19.9 Å². The number of halogens is 5. The molecule has 6 nitrogen and oxygen atoms in total. The molecule has 1 aromatic rings. The van der Waals surface area contributed by atoms with Crippen LogP contribution in [-0.4, -0.2) is 28.1 Å². The molecule has 1 rings (SSSR count). The van der Waals surface area contributed by atoms with Crippen molar-refractivity contribution in [1.29, 1.82) is 0 Å². The highest BCUT2D eigenvalue weighted by atomic mass is 19.4. The minimum atomic E-state index is -5.08. The van der Waals surface area contributed by atoms with E-state index in [0.29, 0.717) is 0 Å². The first kappa shape index (κ1) is 20.5. The molecule has 0 atom stereocenters. The number of pyridine rings is 1. The lowest BCUT2D eigenvalue weighted by atomic mass is 10.1. The smallest absolute Gasteiger partial charge is 0.475 e. The van der Waals surface area contributed by atoms with Gasteiger partial charge in [0.2, 0.25) is 5.91 Å². The Bertz CT molecular complexity index is 576. The molecule has 0 radical (unpaired) electrons. The lowest BCUT2D eigenvalue weighted by Gasteiger charge is -2.16. The summed E-state index contributed by atoms with van der Waals surface area (Å²) in [4.78, 5) is 23.3. The van der Waals surface area contributed by atoms with Gasteiger partial charge in [-0.3, -0.25) is 4.79 Å². The number of alkyl halides is 5. The SMILES string of the molecule is CCC(F)(F)c1cnc(NC(C)=O)cc1N.O=C(O)C(F)(F)F. The minimum absolute atomic E-state index is 0.0781. The highest BCUT2D eigenvalue weighted by Gasteiger charge is 2.38. The molecular weight excluding hydrogens is 329 g/mol. The summed E-state index contributed by atoms with van der Waals surface area (Å²) in [7, 11) is 0. The number of nitrogens with two attached hydrogens (primary N) is 1. The van der Waals surface area contributed by atoms with E-state index in [9.17, 15) is 26.7 Å². The van der Waals surface area contributed by atoms with Gasteiger partial charge in [-0.25, -0.2) is 18.6 Å². The average molecular weight is 343 g/mol. The molecule has 1 amide bonds. The molecule has 0 fully saturated rings. The maximum Gasteiger partial charge on any atom is 0.490 e. The zero-order valence-corrected chi connectivity index (χ0v) is 12.0. The van der Waals surface area contributed by atoms with Crippen molar-refractivity contribution in [3.05, 3.63) is 17.8 Å². The molecule has 0 bridgehead atoms. The molecule has 0 aliphatic carbocycles. The number of carboxylic acid groups (broad SMARTS) is 1. The lowest BCUT2D eigenvalue weighted by Crippen LogP contribution is -2.21. The molecule has 0 spiro atoms. The molecule has 11 heteroatoms. The quantitative estimate of drug-likeness (QED) is 0.732. The molecule has 1 heterocycles. The van der Waals surface area contributed by atoms with Gasteiger partial charge < -0.3 is 16.2 Å². The number of carboxylic acids is 1. The number of hydrogen-bond acceptors (Lipinski definition) is 4. The topological polar surface area (TPSA) is 105 Å². The van der Waals surface area contributed by atoms with Crippen LogP contribution in [0, 0.1) is 0 Å². The fourth-order valence-corrected chi connectivity index (χ4v) is 1.22. The molecule has 130 valence electrons. The molecule has 23 heavy (non-hydrogen) atoms. The van der Waals surface area contributed by atoms with E-state index in [4.69, 9.17) is 15.6 Å². The molecule has 0 aliphatic heterocycles. The number of nitrogens with one attached hydrogen (secondary N) is 1. The van der Waals surface area contributed by atoms with Gasteiger partial charge in [-0.1, -0.05) is 6.92 Å². The Balaban J connectivity index is 0.000000585. The summed E-state index contributed by atoms with van der Waals surface area (Å²) in [6.45, 7) is 2.66. The lowest BCUT2D eigenvalue weighted by molar-refractivity contribution is -0.192. The van der Waals surface area contributed by atoms with Crippen LogP contribution < -0.4 is 11.1 Å². The summed E-state index contributed by atoms with van der Waals surface area (Å²) in [6, 6.07) is 1.22. The van der Waals surface area contributed by atoms with E-state index in [-0.39, 0.29) is 29.4 Å². The van der Waals surface area contributed by atoms with Crippen molar-refractivity contribution in [2.24, 2.45) is 0 Å². The summed E-state index contributed by atoms with van der Waals surface area (Å²) in [5.41, 5.74) is 5.09. The third-order valence-electron chi connectivity index (χ3n) is 2.32. The number of hydrogen-bond donors (Lipinski definition) is 3. The van der Waals surface area contributed by atoms with Crippen LogP contribution >= 0.6 is 0 Å². The molecule has 0 aliphatic rings. The Kier molecular flexibility index (Phi) is 6.87. The van der Waals surface area contributed by atoms with Crippen molar-refractivity contribution in [2.45, 2.75) is 32.4 Å². The maximum atomic E-state index is 13.3. The molecular formula is C12H14F5N3O3. The average Bonchev–Trinajstić information content (AvgIpc) is 2.37. The van der Waals surface area contributed by atoms with Gasteiger partial charge in [-0.2, -0.15) is 13.2 Å². The van der Waals surface area contributed by atoms with Crippen molar-refractivity contribution in [2.75, 3.05) is 11.1 Å². The van der Waals surface area contributed by atoms with Crippen molar-refractivity contribution in [1.82, 2.24) is 4.98 Å². The molecule has 0 aromatic carbocycles. The minimum Gasteiger partial charge on any atom is -0.475 e. The second kappa shape index (κ2) is 7.70. The van der Waals surface area contributed by atoms with Crippen LogP contribution in [0.25, 0.3) is 0 Å². The monoisotopic (exact) mass is 343 g/mol. The van der Waals surface area contributed by atoms with Gasteiger partial charge in [0.25, 0.3) is 5.92 Å². The van der Waals surface area contributed by atoms with Gasteiger partial charge in [-0.15, -0.1) is 0 Å². The Morgan fingerprint density at radius 3 is 2.09 bits per heavy atom. The van der Waals surface area contributed by atoms with Gasteiger partial charge in [-0.05, 0) is 0 Å². The summed E-state index contributed by atoms with van der Waals surface area (Å²) in [5.74, 6) is -5.92. The van der Waals surface area contributed by atoms with Gasteiger partial charge >= 0.3 is 12.1 Å². The highest BCUT2D eigenvalue weighted by molar-refractivity contribution is 5.88. The first-order valence-corrected chi connectivity index (χ1v) is 6.02. The Hall–Kier alpha value is -2.46. The molecule has 4 N–H and O–H groups in total. The number of anilines is 2. The van der Waals surface area contributed by atoms with Crippen LogP contribution in [0.15, 0.2) is 12.3 Å². The number of carbonyl (C=O) groups excluding carboxylic acids is 1. The van der Waals surface area contributed by atoms with Crippen LogP contribution in [0.2, 0.25) is 0 Å². The summed E-state index contributed by atoms with van der Waals surface area (Å²) in [5, 5.41) is 9.49. The number of aliphatic carboxylic acids is 1. The van der Waals surface area contributed by atoms with Crippen LogP contribution in [0.1, 0.15) is 25.8 Å². The molecule has 0 unspecified atom stereocenters. The van der Waals surface area contributed by atoms with E-state index < -0.39 is 18.1 Å². The van der Waals surface area contributed by atoms with Gasteiger partial charge in [0.1, 0.15) is 5.82 Å². The zero-order valence-electron chi connectivity index (χ0n) is 12.0. The van der Waals surface area contributed by atoms with E-state index >= 15 is 0 Å². The fraction of sp³-hybridized carbons (Fsp3) is 0.417. The zero-order chi connectivity index (χ0) is 18.4. The second-order valence-corrected chi connectivity index (χ2v) is 4.20. The van der Waals surface area contributed by atoms with E-state index in [1.54, 1.807) is 0 Å². The van der Waals surface area contributed by atoms with Crippen molar-refractivity contribution >= 4 is 23.4 Å². The van der Waals surface area contributed by atoms with E-state index in [2.05, 4.69) is 10.3 Å². The Morgan fingerprint density at radius 2 is 1.78 bits per heavy atom. The van der Waals surface area contributed by atoms with Crippen LogP contribution in [0.3, 0.4) is 0 Å². The number of carbonyl (C=O) groups is 2. The molecule has 1 aromatic heterocycles.